The molecule has 38 heteroatoms. The Morgan fingerprint density at radius 2 is 0.520 bits per heavy atom. The molecule has 0 aromatic rings. The van der Waals surface area contributed by atoms with Gasteiger partial charge in [0.25, 0.3) is 0 Å². The van der Waals surface area contributed by atoms with E-state index in [9.17, 15) is 44.1 Å². The quantitative estimate of drug-likeness (QED) is 0.0269. The lowest BCUT2D eigenvalue weighted by atomic mass is 9.88. The summed E-state index contributed by atoms with van der Waals surface area (Å²) >= 11 is 0. The number of amides is 5. The Kier molecular flexibility index (Phi) is 62.7. The van der Waals surface area contributed by atoms with Crippen LogP contribution in [-0.4, -0.2) is 441 Å². The summed E-state index contributed by atoms with van der Waals surface area (Å²) in [6.45, 7) is 15.8. The van der Waals surface area contributed by atoms with Gasteiger partial charge in [-0.2, -0.15) is 0 Å². The lowest BCUT2D eigenvalue weighted by Gasteiger charge is -2.34. The van der Waals surface area contributed by atoms with Crippen LogP contribution in [0.2, 0.25) is 0 Å². The van der Waals surface area contributed by atoms with Crippen molar-refractivity contribution in [2.24, 2.45) is 74.2 Å². The van der Waals surface area contributed by atoms with Gasteiger partial charge in [0.05, 0.1) is 97.2 Å². The number of ketones is 1. The fourth-order valence-electron chi connectivity index (χ4n) is 11.4. The summed E-state index contributed by atoms with van der Waals surface area (Å²) in [5.41, 5.74) is 68.5. The van der Waals surface area contributed by atoms with Gasteiger partial charge in [-0.25, -0.2) is 0 Å². The van der Waals surface area contributed by atoms with Gasteiger partial charge in [-0.15, -0.1) is 0 Å². The standard InChI is InChI=1S/C64H144N26O12/c1-2-64(52-100-49-56(92)41-88(40-55(91)4-3-22-82(23-5-65)24-6-66)44-59(95)77-17-35-83(25-7-67)26-8-68,53-101-50-57(93)42-89(45-60(96)78-18-36-84(27-9-69)28-10-70)46-61(97)79-19-37-85(29-11-71)30-12-72)54-102-51-58(94)43-90(47-62(98)80-20-38-86(31-13-73)32-14-74)48-63(99)81-21-39-87(33-15-75)34-16-76/h56-58,92-94H,2-54,65-76H2,1H3,(H,77,95)(H,78,96)(H,79,97)(H,80,98)(H,81,99). The first kappa shape index (κ1) is 97.9. The zero-order valence-electron chi connectivity index (χ0n) is 62.2. The van der Waals surface area contributed by atoms with Gasteiger partial charge in [-0.05, 0) is 19.4 Å². The molecule has 32 N–H and O–H groups in total. The van der Waals surface area contributed by atoms with Gasteiger partial charge >= 0.3 is 0 Å². The van der Waals surface area contributed by atoms with Gasteiger partial charge in [0, 0.05) is 254 Å². The largest absolute Gasteiger partial charge is 0.389 e. The van der Waals surface area contributed by atoms with E-state index >= 15 is 0 Å². The Hall–Kier alpha value is -4.06. The number of rotatable bonds is 74. The number of aliphatic hydroxyl groups is 3. The molecule has 0 heterocycles. The van der Waals surface area contributed by atoms with Crippen LogP contribution in [-0.2, 0) is 43.0 Å². The third-order valence-corrected chi connectivity index (χ3v) is 16.6. The van der Waals surface area contributed by atoms with Crippen molar-refractivity contribution in [3.05, 3.63) is 0 Å². The predicted molar refractivity (Wildman–Crippen MR) is 399 cm³/mol. The zero-order chi connectivity index (χ0) is 76.0. The monoisotopic (exact) mass is 1470 g/mol. The molecule has 0 aliphatic rings. The summed E-state index contributed by atoms with van der Waals surface area (Å²) in [6.07, 6.45) is -2.59. The molecular formula is C64H144N26O12. The Labute approximate surface area is 608 Å². The van der Waals surface area contributed by atoms with Gasteiger partial charge in [-0.1, -0.05) is 6.92 Å². The minimum Gasteiger partial charge on any atom is -0.389 e. The molecule has 0 aliphatic heterocycles. The minimum atomic E-state index is -1.23. The van der Waals surface area contributed by atoms with Crippen LogP contribution >= 0.6 is 0 Å². The second-order valence-electron chi connectivity index (χ2n) is 25.8. The van der Waals surface area contributed by atoms with Crippen LogP contribution in [0.5, 0.6) is 0 Å². The highest BCUT2D eigenvalue weighted by Gasteiger charge is 2.32. The van der Waals surface area contributed by atoms with Crippen LogP contribution in [0.25, 0.3) is 0 Å². The molecule has 0 radical (unpaired) electrons. The number of hydrogen-bond acceptors (Lipinski definition) is 33. The Morgan fingerprint density at radius 3 is 0.725 bits per heavy atom. The Bertz CT molecular complexity index is 1720. The van der Waals surface area contributed by atoms with Gasteiger partial charge in [0.1, 0.15) is 5.78 Å². The molecule has 0 bridgehead atoms. The average Bonchev–Trinajstić information content (AvgIpc) is 0.912. The van der Waals surface area contributed by atoms with E-state index in [1.807, 2.05) is 31.4 Å². The Morgan fingerprint density at radius 1 is 0.314 bits per heavy atom. The number of ether oxygens (including phenoxy) is 3. The molecule has 5 amide bonds. The van der Waals surface area contributed by atoms with Crippen molar-refractivity contribution in [1.82, 2.24) is 70.7 Å². The summed E-state index contributed by atoms with van der Waals surface area (Å²) in [5, 5.41) is 49.4. The number of Topliss-reactive ketones (excluding diaryl/α,β-unsaturated/α-hetero) is 1. The number of nitrogens with zero attached hydrogens (tertiary/aromatic N) is 9. The van der Waals surface area contributed by atoms with Crippen molar-refractivity contribution in [3.63, 3.8) is 0 Å². The molecule has 38 nitrogen and oxygen atoms in total. The van der Waals surface area contributed by atoms with Crippen molar-refractivity contribution in [2.45, 2.75) is 44.5 Å². The molecule has 3 unspecified atom stereocenters. The van der Waals surface area contributed by atoms with Crippen LogP contribution in [0.4, 0.5) is 0 Å². The highest BCUT2D eigenvalue weighted by atomic mass is 16.5. The summed E-state index contributed by atoms with van der Waals surface area (Å²) in [4.78, 5) is 97.8. The normalized spacial score (nSPS) is 13.5. The first-order chi connectivity index (χ1) is 49.2. The molecule has 0 saturated heterocycles. The topological polar surface area (TPSA) is 592 Å². The van der Waals surface area contributed by atoms with E-state index in [0.717, 1.165) is 0 Å². The van der Waals surface area contributed by atoms with Gasteiger partial charge in [0.15, 0.2) is 0 Å². The van der Waals surface area contributed by atoms with E-state index < -0.39 is 23.7 Å². The maximum Gasteiger partial charge on any atom is 0.234 e. The summed E-state index contributed by atoms with van der Waals surface area (Å²) in [5.74, 6) is -2.03. The fourth-order valence-corrected chi connectivity index (χ4v) is 11.4. The molecular weight excluding hydrogens is 1320 g/mol. The van der Waals surface area contributed by atoms with E-state index in [0.29, 0.717) is 216 Å². The summed E-state index contributed by atoms with van der Waals surface area (Å²) in [6, 6.07) is 0. The number of aliphatic hydroxyl groups excluding tert-OH is 3. The number of hydrogen-bond donors (Lipinski definition) is 20. The predicted octanol–water partition coefficient (Wildman–Crippen LogP) is -13.3. The van der Waals surface area contributed by atoms with Crippen LogP contribution in [0, 0.1) is 5.41 Å². The molecule has 102 heavy (non-hydrogen) atoms. The minimum absolute atomic E-state index is 0.0980. The first-order valence-corrected chi connectivity index (χ1v) is 36.7. The number of nitrogens with one attached hydrogen (secondary N) is 5. The van der Waals surface area contributed by atoms with Gasteiger partial charge < -0.3 is 130 Å². The fraction of sp³-hybridized carbons (Fsp3) is 0.906. The van der Waals surface area contributed by atoms with E-state index in [-0.39, 0.29) is 166 Å². The summed E-state index contributed by atoms with van der Waals surface area (Å²) in [7, 11) is 0. The van der Waals surface area contributed by atoms with Crippen molar-refractivity contribution in [3.8, 4) is 0 Å². The van der Waals surface area contributed by atoms with E-state index in [4.69, 9.17) is 83.0 Å². The van der Waals surface area contributed by atoms with Crippen LogP contribution in [0.15, 0.2) is 0 Å². The number of nitrogens with two attached hydrogens (primary N) is 12. The van der Waals surface area contributed by atoms with E-state index in [1.54, 1.807) is 4.90 Å². The zero-order valence-corrected chi connectivity index (χ0v) is 62.2. The van der Waals surface area contributed by atoms with Crippen molar-refractivity contribution < 1.29 is 58.3 Å². The smallest absolute Gasteiger partial charge is 0.234 e. The summed E-state index contributed by atoms with van der Waals surface area (Å²) < 4.78 is 18.9. The van der Waals surface area contributed by atoms with Crippen molar-refractivity contribution in [2.75, 3.05) is 328 Å². The molecule has 0 spiro atoms. The molecule has 3 atom stereocenters. The molecule has 0 aromatic carbocycles. The third kappa shape index (κ3) is 52.8. The number of carbonyl (C=O) groups excluding carboxylic acids is 6. The molecule has 0 rings (SSSR count). The molecule has 0 saturated carbocycles. The first-order valence-electron chi connectivity index (χ1n) is 36.7. The van der Waals surface area contributed by atoms with Crippen molar-refractivity contribution in [1.29, 1.82) is 0 Å². The van der Waals surface area contributed by atoms with E-state index in [2.05, 4.69) is 31.5 Å². The van der Waals surface area contributed by atoms with Crippen molar-refractivity contribution >= 4 is 35.3 Å². The van der Waals surface area contributed by atoms with Gasteiger partial charge in [0.2, 0.25) is 29.5 Å². The number of carbonyl (C=O) groups is 6. The van der Waals surface area contributed by atoms with Crippen LogP contribution < -0.4 is 95.4 Å². The highest BCUT2D eigenvalue weighted by molar-refractivity contribution is 5.83. The highest BCUT2D eigenvalue weighted by Crippen LogP contribution is 2.25. The maximum absolute atomic E-state index is 13.6. The SMILES string of the molecule is CCC(COCC(O)CN(CC(=O)CCCN(CCN)CCN)CC(=O)NCCN(CCN)CCN)(COCC(O)CN(CC(=O)NCCN(CCN)CCN)CC(=O)NCCN(CCN)CCN)COCC(O)CN(CC(=O)NCCN(CCN)CCN)CC(=O)NCCN(CCN)CCN. The second kappa shape index (κ2) is 65.2. The molecule has 602 valence electrons. The third-order valence-electron chi connectivity index (χ3n) is 16.6. The molecule has 0 fully saturated rings. The maximum atomic E-state index is 13.6. The molecule has 0 aromatic heterocycles. The van der Waals surface area contributed by atoms with Gasteiger partial charge in [-0.3, -0.25) is 68.0 Å². The Balaban J connectivity index is 6.99. The van der Waals surface area contributed by atoms with Crippen LogP contribution in [0.3, 0.4) is 0 Å². The lowest BCUT2D eigenvalue weighted by molar-refractivity contribution is -0.127. The second-order valence-corrected chi connectivity index (χ2v) is 25.8. The average molecular weight is 1470 g/mol. The lowest BCUT2D eigenvalue weighted by Crippen LogP contribution is -2.49. The van der Waals surface area contributed by atoms with E-state index in [1.165, 1.54) is 9.80 Å². The van der Waals surface area contributed by atoms with Crippen LogP contribution in [0.1, 0.15) is 26.2 Å². The molecule has 0 aliphatic carbocycles.